The van der Waals surface area contributed by atoms with Gasteiger partial charge in [0.15, 0.2) is 5.96 Å². The van der Waals surface area contributed by atoms with Crippen molar-refractivity contribution in [2.24, 2.45) is 10.4 Å². The number of hydrogen-bond acceptors (Lipinski definition) is 3. The fraction of sp³-hybridized carbons (Fsp3) is 0.938. The number of nitrogens with one attached hydrogen (secondary N) is 2. The van der Waals surface area contributed by atoms with Crippen LogP contribution in [0.15, 0.2) is 4.99 Å². The van der Waals surface area contributed by atoms with Gasteiger partial charge in [-0.1, -0.05) is 6.42 Å². The van der Waals surface area contributed by atoms with Gasteiger partial charge in [0, 0.05) is 46.4 Å². The summed E-state index contributed by atoms with van der Waals surface area (Å²) >= 11 is 0. The molecule has 0 aromatic rings. The molecular weight excluding hydrogens is 391 g/mol. The van der Waals surface area contributed by atoms with Crippen LogP contribution in [0.25, 0.3) is 0 Å². The van der Waals surface area contributed by atoms with E-state index in [1.165, 1.54) is 19.3 Å². The van der Waals surface area contributed by atoms with Crippen LogP contribution in [0.4, 0.5) is 0 Å². The van der Waals surface area contributed by atoms with Crippen molar-refractivity contribution in [3.05, 3.63) is 0 Å². The Morgan fingerprint density at radius 2 is 2.00 bits per heavy atom. The molecule has 1 aliphatic carbocycles. The van der Waals surface area contributed by atoms with Gasteiger partial charge in [-0.3, -0.25) is 4.99 Å². The number of likely N-dealkylation sites (N-methyl/N-ethyl adjacent to an activating group) is 1. The van der Waals surface area contributed by atoms with E-state index in [4.69, 9.17) is 4.74 Å². The maximum absolute atomic E-state index is 5.24. The predicted octanol–water partition coefficient (Wildman–Crippen LogP) is 2.32. The number of ether oxygens (including phenoxy) is 1. The fourth-order valence-electron chi connectivity index (χ4n) is 2.61. The maximum Gasteiger partial charge on any atom is 0.191 e. The molecule has 0 bridgehead atoms. The van der Waals surface area contributed by atoms with E-state index >= 15 is 0 Å². The third-order valence-electron chi connectivity index (χ3n) is 4.74. The Labute approximate surface area is 153 Å². The van der Waals surface area contributed by atoms with E-state index < -0.39 is 0 Å². The molecule has 0 saturated heterocycles. The highest BCUT2D eigenvalue weighted by molar-refractivity contribution is 14.0. The van der Waals surface area contributed by atoms with E-state index in [1.807, 2.05) is 7.05 Å². The molecule has 0 heterocycles. The molecule has 0 amide bonds. The number of guanidine groups is 1. The van der Waals surface area contributed by atoms with Crippen molar-refractivity contribution in [3.8, 4) is 0 Å². The molecule has 6 heteroatoms. The number of hydrogen-bond donors (Lipinski definition) is 2. The highest BCUT2D eigenvalue weighted by Gasteiger charge is 2.36. The monoisotopic (exact) mass is 426 g/mol. The zero-order valence-corrected chi connectivity index (χ0v) is 17.3. The average molecular weight is 426 g/mol. The topological polar surface area (TPSA) is 48.9 Å². The summed E-state index contributed by atoms with van der Waals surface area (Å²) in [5.41, 5.74) is 0.419. The number of nitrogens with zero attached hydrogens (tertiary/aromatic N) is 2. The van der Waals surface area contributed by atoms with E-state index in [2.05, 4.69) is 41.4 Å². The first-order valence-electron chi connectivity index (χ1n) is 8.17. The lowest BCUT2D eigenvalue weighted by Crippen LogP contribution is -2.48. The summed E-state index contributed by atoms with van der Waals surface area (Å²) in [7, 11) is 5.77. The maximum atomic E-state index is 5.24. The molecule has 5 nitrogen and oxygen atoms in total. The largest absolute Gasteiger partial charge is 0.385 e. The molecule has 132 valence electrons. The van der Waals surface area contributed by atoms with Crippen LogP contribution in [0.3, 0.4) is 0 Å². The van der Waals surface area contributed by atoms with E-state index in [-0.39, 0.29) is 24.0 Å². The van der Waals surface area contributed by atoms with Crippen molar-refractivity contribution >= 4 is 29.9 Å². The zero-order valence-electron chi connectivity index (χ0n) is 14.9. The van der Waals surface area contributed by atoms with E-state index in [0.717, 1.165) is 38.6 Å². The number of methoxy groups -OCH3 is 1. The lowest BCUT2D eigenvalue weighted by Gasteiger charge is -2.42. The van der Waals surface area contributed by atoms with Crippen molar-refractivity contribution in [1.82, 2.24) is 15.5 Å². The second-order valence-electron chi connectivity index (χ2n) is 6.52. The van der Waals surface area contributed by atoms with Crippen molar-refractivity contribution < 1.29 is 4.74 Å². The third-order valence-corrected chi connectivity index (χ3v) is 4.74. The van der Waals surface area contributed by atoms with Crippen molar-refractivity contribution in [3.63, 3.8) is 0 Å². The number of aliphatic imine (C=N–C) groups is 1. The fourth-order valence-corrected chi connectivity index (χ4v) is 2.61. The molecule has 1 fully saturated rings. The second-order valence-corrected chi connectivity index (χ2v) is 6.52. The van der Waals surface area contributed by atoms with Crippen LogP contribution in [0.1, 0.15) is 39.5 Å². The molecule has 1 aliphatic rings. The molecule has 0 unspecified atom stereocenters. The molecule has 0 aromatic heterocycles. The lowest BCUT2D eigenvalue weighted by molar-refractivity contribution is 0.0732. The predicted molar refractivity (Wildman–Crippen MR) is 105 cm³/mol. The first kappa shape index (κ1) is 21.9. The summed E-state index contributed by atoms with van der Waals surface area (Å²) in [6.07, 6.45) is 5.09. The van der Waals surface area contributed by atoms with Gasteiger partial charge in [-0.2, -0.15) is 0 Å². The number of halogens is 1. The zero-order chi connectivity index (χ0) is 15.7. The summed E-state index contributed by atoms with van der Waals surface area (Å²) in [6, 6.07) is 0.578. The Morgan fingerprint density at radius 3 is 2.45 bits per heavy atom. The first-order chi connectivity index (χ1) is 10.0. The molecule has 1 rings (SSSR count). The molecule has 0 spiro atoms. The van der Waals surface area contributed by atoms with Crippen molar-refractivity contribution in [1.29, 1.82) is 0 Å². The van der Waals surface area contributed by atoms with Gasteiger partial charge in [-0.25, -0.2) is 0 Å². The summed E-state index contributed by atoms with van der Waals surface area (Å²) in [6.45, 7) is 8.21. The van der Waals surface area contributed by atoms with Crippen LogP contribution in [0.5, 0.6) is 0 Å². The van der Waals surface area contributed by atoms with Gasteiger partial charge >= 0.3 is 0 Å². The van der Waals surface area contributed by atoms with Crippen LogP contribution in [-0.4, -0.2) is 64.3 Å². The first-order valence-corrected chi connectivity index (χ1v) is 8.17. The standard InChI is InChI=1S/C16H34N4O.HI/c1-14(2)20(4)11-10-18-15(17-3)19-13-16(7-6-8-16)9-12-21-5;/h14H,6-13H2,1-5H3,(H2,17,18,19);1H. The average Bonchev–Trinajstić information content (AvgIpc) is 2.43. The van der Waals surface area contributed by atoms with Crippen molar-refractivity contribution in [2.45, 2.75) is 45.6 Å². The molecule has 0 radical (unpaired) electrons. The van der Waals surface area contributed by atoms with Crippen molar-refractivity contribution in [2.75, 3.05) is 47.4 Å². The molecule has 0 atom stereocenters. The molecular formula is C16H35IN4O. The quantitative estimate of drug-likeness (QED) is 0.338. The Balaban J connectivity index is 0.00000441. The summed E-state index contributed by atoms with van der Waals surface area (Å²) in [5.74, 6) is 0.913. The highest BCUT2D eigenvalue weighted by Crippen LogP contribution is 2.43. The van der Waals surface area contributed by atoms with Crippen LogP contribution in [0, 0.1) is 5.41 Å². The van der Waals surface area contributed by atoms with Crippen LogP contribution < -0.4 is 10.6 Å². The minimum atomic E-state index is 0. The normalized spacial score (nSPS) is 17.1. The van der Waals surface area contributed by atoms with Gasteiger partial charge in [0.2, 0.25) is 0 Å². The highest BCUT2D eigenvalue weighted by atomic mass is 127. The SMILES string of the molecule is CN=C(NCCN(C)C(C)C)NCC1(CCOC)CCC1.I. The smallest absolute Gasteiger partial charge is 0.191 e. The lowest BCUT2D eigenvalue weighted by atomic mass is 9.67. The van der Waals surface area contributed by atoms with E-state index in [9.17, 15) is 0 Å². The molecule has 1 saturated carbocycles. The third kappa shape index (κ3) is 7.46. The summed E-state index contributed by atoms with van der Waals surface area (Å²) < 4.78 is 5.24. The molecule has 22 heavy (non-hydrogen) atoms. The summed E-state index contributed by atoms with van der Waals surface area (Å²) in [5, 5.41) is 6.89. The molecule has 2 N–H and O–H groups in total. The van der Waals surface area contributed by atoms with Gasteiger partial charge in [-0.05, 0) is 45.6 Å². The Morgan fingerprint density at radius 1 is 1.32 bits per heavy atom. The molecule has 0 aromatic carbocycles. The van der Waals surface area contributed by atoms with E-state index in [0.29, 0.717) is 11.5 Å². The second kappa shape index (κ2) is 11.5. The minimum Gasteiger partial charge on any atom is -0.385 e. The Kier molecular flexibility index (Phi) is 11.4. The Hall–Kier alpha value is -0.0800. The summed E-state index contributed by atoms with van der Waals surface area (Å²) in [4.78, 5) is 6.64. The van der Waals surface area contributed by atoms with Gasteiger partial charge < -0.3 is 20.3 Å². The van der Waals surface area contributed by atoms with Crippen LogP contribution in [-0.2, 0) is 4.74 Å². The van der Waals surface area contributed by atoms with Gasteiger partial charge in [0.1, 0.15) is 0 Å². The van der Waals surface area contributed by atoms with Crippen LogP contribution in [0.2, 0.25) is 0 Å². The number of rotatable bonds is 9. The molecule has 0 aliphatic heterocycles. The Bertz CT molecular complexity index is 319. The van der Waals surface area contributed by atoms with Gasteiger partial charge in [0.25, 0.3) is 0 Å². The van der Waals surface area contributed by atoms with E-state index in [1.54, 1.807) is 7.11 Å². The van der Waals surface area contributed by atoms with Crippen LogP contribution >= 0.6 is 24.0 Å². The van der Waals surface area contributed by atoms with Gasteiger partial charge in [0.05, 0.1) is 0 Å². The minimum absolute atomic E-state index is 0. The van der Waals surface area contributed by atoms with Gasteiger partial charge in [-0.15, -0.1) is 24.0 Å².